The molecule has 4 rings (SSSR count). The molecule has 0 aliphatic carbocycles. The molecule has 0 bridgehead atoms. The van der Waals surface area contributed by atoms with E-state index in [9.17, 15) is 0 Å². The average molecular weight is 563 g/mol. The molecule has 172 valence electrons. The van der Waals surface area contributed by atoms with E-state index < -0.39 is 0 Å². The van der Waals surface area contributed by atoms with E-state index in [1.807, 2.05) is 0 Å². The quantitative estimate of drug-likeness (QED) is 0.261. The second kappa shape index (κ2) is 14.6. The molecule has 0 nitrogen and oxygen atoms in total. The number of hydrogen-bond acceptors (Lipinski definition) is 0. The zero-order valence-electron chi connectivity index (χ0n) is 20.7. The standard InChI is InChI=1S/C14H17.C12H13.C2H6Si.2ClH.Zr/c1-9(2)12-6-5-11(4)13-7-10(3)8-14(12)13;1-9(2)12-7-10-5-3-4-6-11(10)8-12;1-3-2;;;/h5-9H,1-4H3;3-9H,1-2H3;1-2H3;2*1H;/q2*-1;;;;+2/p-2. The molecule has 0 spiro atoms. The zero-order chi connectivity index (χ0) is 22.4. The smallest absolute Gasteiger partial charge is 0.0308 e. The first-order valence-corrected chi connectivity index (χ1v) is 17.1. The Labute approximate surface area is 223 Å². The van der Waals surface area contributed by atoms with Crippen molar-refractivity contribution in [2.75, 3.05) is 0 Å². The van der Waals surface area contributed by atoms with Crippen LogP contribution in [0.4, 0.5) is 0 Å². The van der Waals surface area contributed by atoms with Crippen LogP contribution >= 0.6 is 0 Å². The van der Waals surface area contributed by atoms with Crippen molar-refractivity contribution in [1.29, 1.82) is 0 Å². The molecule has 0 atom stereocenters. The van der Waals surface area contributed by atoms with E-state index >= 15 is 0 Å². The van der Waals surface area contributed by atoms with Crippen LogP contribution in [0.5, 0.6) is 0 Å². The first kappa shape index (κ1) is 31.3. The molecule has 0 saturated carbocycles. The number of benzene rings is 2. The maximum Gasteiger partial charge on any atom is -0.0308 e. The van der Waals surface area contributed by atoms with Gasteiger partial charge in [-0.05, 0) is 11.8 Å². The van der Waals surface area contributed by atoms with Crippen molar-refractivity contribution in [3.8, 4) is 0 Å². The first-order valence-electron chi connectivity index (χ1n) is 10.9. The van der Waals surface area contributed by atoms with Crippen molar-refractivity contribution in [3.63, 3.8) is 0 Å². The molecular weight excluding hydrogens is 527 g/mol. The molecule has 4 heteroatoms. The number of aryl methyl sites for hydroxylation is 2. The zero-order valence-corrected chi connectivity index (χ0v) is 25.7. The fourth-order valence-electron chi connectivity index (χ4n) is 3.62. The summed E-state index contributed by atoms with van der Waals surface area (Å²) in [5, 5.41) is 5.59. The first-order chi connectivity index (χ1) is 14.1. The third-order valence-corrected chi connectivity index (χ3v) is 5.21. The number of halogens is 2. The number of rotatable bonds is 2. The third-order valence-electron chi connectivity index (χ3n) is 5.21. The van der Waals surface area contributed by atoms with Gasteiger partial charge in [0.1, 0.15) is 0 Å². The monoisotopic (exact) mass is 560 g/mol. The van der Waals surface area contributed by atoms with Gasteiger partial charge < -0.3 is 24.8 Å². The minimum absolute atomic E-state index is 0. The van der Waals surface area contributed by atoms with Gasteiger partial charge in [0.15, 0.2) is 0 Å². The van der Waals surface area contributed by atoms with E-state index in [0.29, 0.717) is 11.8 Å². The van der Waals surface area contributed by atoms with E-state index in [0.717, 1.165) is 0 Å². The van der Waals surface area contributed by atoms with E-state index in [2.05, 4.69) is 115 Å². The second-order valence-corrected chi connectivity index (χ2v) is 18.4. The Hall–Kier alpha value is -0.660. The van der Waals surface area contributed by atoms with E-state index in [4.69, 9.17) is 0 Å². The molecule has 0 N–H and O–H groups in total. The van der Waals surface area contributed by atoms with Gasteiger partial charge in [-0.25, -0.2) is 0 Å². The van der Waals surface area contributed by atoms with Crippen LogP contribution in [-0.2, 0) is 23.3 Å². The van der Waals surface area contributed by atoms with Crippen molar-refractivity contribution in [2.24, 2.45) is 0 Å². The van der Waals surface area contributed by atoms with Crippen LogP contribution in [0.25, 0.3) is 21.5 Å². The van der Waals surface area contributed by atoms with Gasteiger partial charge in [0.2, 0.25) is 0 Å². The van der Waals surface area contributed by atoms with Crippen LogP contribution in [0.3, 0.4) is 0 Å². The largest absolute Gasteiger partial charge is 1.00 e. The van der Waals surface area contributed by atoms with Gasteiger partial charge in [0, 0.05) is 0 Å². The molecule has 0 aromatic heterocycles. The van der Waals surface area contributed by atoms with Gasteiger partial charge in [0.25, 0.3) is 0 Å². The van der Waals surface area contributed by atoms with Crippen LogP contribution in [-0.4, -0.2) is 5.43 Å². The number of fused-ring (bicyclic) bond motifs is 2. The van der Waals surface area contributed by atoms with E-state index in [1.165, 1.54) is 43.8 Å². The molecule has 0 aliphatic heterocycles. The van der Waals surface area contributed by atoms with Crippen molar-refractivity contribution < 1.29 is 48.1 Å². The fraction of sp³-hybridized carbons (Fsp3) is 0.357. The summed E-state index contributed by atoms with van der Waals surface area (Å²) in [7, 11) is 0. The number of hydrogen-bond donors (Lipinski definition) is 0. The summed E-state index contributed by atoms with van der Waals surface area (Å²) in [6.07, 6.45) is 0. The Morgan fingerprint density at radius 2 is 1.41 bits per heavy atom. The third kappa shape index (κ3) is 8.94. The molecule has 0 heterocycles. The Bertz CT molecular complexity index is 1080. The van der Waals surface area contributed by atoms with E-state index in [1.54, 1.807) is 23.3 Å². The Balaban J connectivity index is 0.000000493. The van der Waals surface area contributed by atoms with Gasteiger partial charge in [-0.2, -0.15) is 12.1 Å². The van der Waals surface area contributed by atoms with Gasteiger partial charge in [-0.3, -0.25) is 0 Å². The summed E-state index contributed by atoms with van der Waals surface area (Å²) in [5.74, 6) is 1.25. The summed E-state index contributed by atoms with van der Waals surface area (Å²) >= 11 is 1.74. The summed E-state index contributed by atoms with van der Waals surface area (Å²) in [5.41, 5.74) is 5.88. The van der Waals surface area contributed by atoms with Gasteiger partial charge >= 0.3 is 41.9 Å². The Kier molecular flexibility index (Phi) is 14.3. The normalized spacial score (nSPS) is 10.1. The average Bonchev–Trinajstić information content (AvgIpc) is 3.25. The molecule has 0 amide bonds. The predicted molar refractivity (Wildman–Crippen MR) is 134 cm³/mol. The van der Waals surface area contributed by atoms with Crippen LogP contribution < -0.4 is 24.8 Å². The summed E-state index contributed by atoms with van der Waals surface area (Å²) in [6.45, 7) is 17.9. The summed E-state index contributed by atoms with van der Waals surface area (Å²) < 4.78 is 0. The molecule has 0 aliphatic rings. The summed E-state index contributed by atoms with van der Waals surface area (Å²) in [4.78, 5) is 0. The predicted octanol–water partition coefficient (Wildman–Crippen LogP) is 2.77. The second-order valence-electron chi connectivity index (χ2n) is 9.06. The molecule has 32 heavy (non-hydrogen) atoms. The maximum atomic E-state index is 2.31. The molecule has 0 fully saturated rings. The Morgan fingerprint density at radius 3 is 1.94 bits per heavy atom. The molecule has 4 aromatic carbocycles. The minimum atomic E-state index is 0. The van der Waals surface area contributed by atoms with E-state index in [-0.39, 0.29) is 30.2 Å². The molecular formula is C28H36Cl2SiZr-2. The molecule has 0 unspecified atom stereocenters. The van der Waals surface area contributed by atoms with Crippen molar-refractivity contribution in [2.45, 2.75) is 66.5 Å². The van der Waals surface area contributed by atoms with Crippen LogP contribution in [0, 0.1) is 13.8 Å². The van der Waals surface area contributed by atoms with Gasteiger partial charge in [0.05, 0.1) is 0 Å². The van der Waals surface area contributed by atoms with Crippen LogP contribution in [0.15, 0.2) is 60.7 Å². The Morgan fingerprint density at radius 1 is 0.812 bits per heavy atom. The SMILES string of the molecule is CC(C)c1cc2ccccc2[cH-]1.C[Si](C)=[Zr+2].Cc1cc2c(C(C)C)ccc(C)c2[cH-]1.[Cl-].[Cl-]. The van der Waals surface area contributed by atoms with Gasteiger partial charge in [-0.15, -0.1) is 74.6 Å². The van der Waals surface area contributed by atoms with Gasteiger partial charge in [-0.1, -0.05) is 59.2 Å². The topological polar surface area (TPSA) is 0 Å². The van der Waals surface area contributed by atoms with Crippen molar-refractivity contribution >= 4 is 27.0 Å². The maximum absolute atomic E-state index is 2.31. The molecule has 0 radical (unpaired) electrons. The van der Waals surface area contributed by atoms with Crippen LogP contribution in [0.2, 0.25) is 13.1 Å². The molecule has 4 aromatic rings. The van der Waals surface area contributed by atoms with Crippen LogP contribution in [0.1, 0.15) is 61.8 Å². The van der Waals surface area contributed by atoms with Crippen molar-refractivity contribution in [3.05, 3.63) is 82.9 Å². The molecule has 0 saturated heterocycles. The summed E-state index contributed by atoms with van der Waals surface area (Å²) in [6, 6.07) is 22.2. The fourth-order valence-corrected chi connectivity index (χ4v) is 3.62. The van der Waals surface area contributed by atoms with Crippen molar-refractivity contribution in [1.82, 2.24) is 0 Å². The minimum Gasteiger partial charge on any atom is -1.00 e.